The summed E-state index contributed by atoms with van der Waals surface area (Å²) in [5.41, 5.74) is 3.87. The van der Waals surface area contributed by atoms with Gasteiger partial charge in [-0.1, -0.05) is 65.7 Å². The van der Waals surface area contributed by atoms with Gasteiger partial charge in [0.2, 0.25) is 11.8 Å². The molecule has 4 aliphatic rings. The van der Waals surface area contributed by atoms with Gasteiger partial charge in [0.15, 0.2) is 0 Å². The minimum atomic E-state index is -1.50. The molecule has 0 unspecified atom stereocenters. The number of fused-ring (bicyclic) bond motifs is 5. The average molecular weight is 636 g/mol. The highest BCUT2D eigenvalue weighted by Crippen LogP contribution is 2.64. The number of aromatic hydroxyl groups is 1. The number of phenolic OH excluding ortho intramolecular Hbond substituents is 1. The Hall–Kier alpha value is -5.02. The number of hydrogen-bond acceptors (Lipinski definition) is 6. The Balaban J connectivity index is 1.41. The van der Waals surface area contributed by atoms with Gasteiger partial charge in [-0.25, -0.2) is 4.39 Å². The summed E-state index contributed by atoms with van der Waals surface area (Å²) in [6, 6.07) is 22.9. The van der Waals surface area contributed by atoms with Crippen LogP contribution in [-0.2, 0) is 24.6 Å². The highest BCUT2D eigenvalue weighted by molar-refractivity contribution is 6.30. The Kier molecular flexibility index (Phi) is 6.34. The topological polar surface area (TPSA) is 116 Å². The van der Waals surface area contributed by atoms with Crippen LogP contribution in [0.5, 0.6) is 5.75 Å². The zero-order chi connectivity index (χ0) is 31.9. The molecule has 2 saturated heterocycles. The van der Waals surface area contributed by atoms with Crippen LogP contribution in [0.2, 0.25) is 5.02 Å². The van der Waals surface area contributed by atoms with Crippen LogP contribution in [0, 0.1) is 29.5 Å². The number of hydrogen-bond donors (Lipinski definition) is 3. The van der Waals surface area contributed by atoms with E-state index in [1.165, 1.54) is 24.3 Å². The molecular formula is C36H27ClFN3O5. The summed E-state index contributed by atoms with van der Waals surface area (Å²) in [6.45, 7) is 0. The molecule has 4 aromatic carbocycles. The Labute approximate surface area is 267 Å². The molecule has 8 nitrogen and oxygen atoms in total. The summed E-state index contributed by atoms with van der Waals surface area (Å²) in [6.07, 6.45) is 2.43. The van der Waals surface area contributed by atoms with Gasteiger partial charge < -0.3 is 5.11 Å². The van der Waals surface area contributed by atoms with Gasteiger partial charge in [0.1, 0.15) is 11.6 Å². The lowest BCUT2D eigenvalue weighted by Gasteiger charge is -2.51. The molecule has 2 aliphatic carbocycles. The van der Waals surface area contributed by atoms with Crippen LogP contribution in [0.1, 0.15) is 29.9 Å². The van der Waals surface area contributed by atoms with E-state index in [1.54, 1.807) is 42.5 Å². The molecule has 0 bridgehead atoms. The number of carbonyl (C=O) groups excluding carboxylic acids is 4. The van der Waals surface area contributed by atoms with Crippen LogP contribution < -0.4 is 10.7 Å². The maximum Gasteiger partial charge on any atom is 0.260 e. The molecule has 3 N–H and O–H groups in total. The number of carbonyl (C=O) groups is 4. The van der Waals surface area contributed by atoms with Crippen LogP contribution in [-0.4, -0.2) is 33.7 Å². The highest BCUT2D eigenvalue weighted by Gasteiger charge is 2.70. The zero-order valence-electron chi connectivity index (χ0n) is 24.2. The molecule has 2 heterocycles. The summed E-state index contributed by atoms with van der Waals surface area (Å²) in [4.78, 5) is 55.9. The summed E-state index contributed by atoms with van der Waals surface area (Å²) in [5, 5.41) is 16.1. The number of phenols is 1. The minimum absolute atomic E-state index is 0.0654. The van der Waals surface area contributed by atoms with E-state index in [4.69, 9.17) is 11.6 Å². The summed E-state index contributed by atoms with van der Waals surface area (Å²) in [7, 11) is 0. The molecule has 8 rings (SSSR count). The lowest BCUT2D eigenvalue weighted by molar-refractivity contribution is -0.138. The fraction of sp³-hybridized carbons (Fsp3) is 0.222. The number of hydrazine groups is 1. The molecule has 4 amide bonds. The summed E-state index contributed by atoms with van der Waals surface area (Å²) in [5.74, 6) is -5.59. The quantitative estimate of drug-likeness (QED) is 0.198. The number of imide groups is 2. The first-order valence-electron chi connectivity index (χ1n) is 15.1. The predicted molar refractivity (Wildman–Crippen MR) is 168 cm³/mol. The van der Waals surface area contributed by atoms with Crippen LogP contribution in [0.25, 0.3) is 10.8 Å². The number of rotatable bonds is 4. The van der Waals surface area contributed by atoms with Crippen LogP contribution in [0.3, 0.4) is 0 Å². The first-order chi connectivity index (χ1) is 22.2. The fourth-order valence-corrected chi connectivity index (χ4v) is 8.59. The Morgan fingerprint density at radius 1 is 0.870 bits per heavy atom. The maximum absolute atomic E-state index is 15.2. The molecule has 0 aromatic heterocycles. The molecule has 230 valence electrons. The number of halogens is 2. The SMILES string of the molecule is O=C1NC(=O)[C@H]2CC=C3[C@@H](C[C@H]4C(=O)N(Nc5ccc(F)cc5)C(=O)[C@@]4(c4ccc(Cl)cc4)[C@H]3c3ccc(O)c4ccccc34)[C@@H]12. The highest BCUT2D eigenvalue weighted by atomic mass is 35.5. The Morgan fingerprint density at radius 3 is 2.33 bits per heavy atom. The van der Waals surface area contributed by atoms with E-state index in [9.17, 15) is 23.9 Å². The fourth-order valence-electron chi connectivity index (χ4n) is 8.47. The summed E-state index contributed by atoms with van der Waals surface area (Å²) < 4.78 is 13.8. The largest absolute Gasteiger partial charge is 0.507 e. The first kappa shape index (κ1) is 28.5. The van der Waals surface area contributed by atoms with Crippen molar-refractivity contribution >= 4 is 51.7 Å². The third-order valence-electron chi connectivity index (χ3n) is 10.3. The zero-order valence-corrected chi connectivity index (χ0v) is 25.0. The second-order valence-electron chi connectivity index (χ2n) is 12.4. The molecule has 2 aliphatic heterocycles. The van der Waals surface area contributed by atoms with Crippen molar-refractivity contribution in [3.8, 4) is 5.75 Å². The average Bonchev–Trinajstić information content (AvgIpc) is 3.47. The molecule has 1 saturated carbocycles. The van der Waals surface area contributed by atoms with Crippen LogP contribution >= 0.6 is 11.6 Å². The van der Waals surface area contributed by atoms with Gasteiger partial charge in [-0.2, -0.15) is 5.01 Å². The standard InChI is InChI=1S/C36H27ClFN3O5/c37-19-7-5-18(6-8-19)36-28(34(45)41(35(36)46)40-21-11-9-20(38)10-12-21)17-27-25(13-14-26-30(27)33(44)39-32(26)43)31(36)24-15-16-29(42)23-4-2-1-3-22(23)24/h1-13,15-16,26-28,30-31,40,42H,14,17H2,(H,39,43,44)/t26-,27+,28-,30-,31-,36+/m0/s1. The van der Waals surface area contributed by atoms with E-state index in [1.807, 2.05) is 24.3 Å². The van der Waals surface area contributed by atoms with E-state index in [-0.39, 0.29) is 24.0 Å². The van der Waals surface area contributed by atoms with Gasteiger partial charge in [-0.05, 0) is 77.7 Å². The van der Waals surface area contributed by atoms with Crippen molar-refractivity contribution in [3.63, 3.8) is 0 Å². The van der Waals surface area contributed by atoms with Crippen molar-refractivity contribution in [2.24, 2.45) is 23.7 Å². The number of benzene rings is 4. The number of nitrogens with zero attached hydrogens (tertiary/aromatic N) is 1. The molecule has 6 atom stereocenters. The van der Waals surface area contributed by atoms with Gasteiger partial charge in [0, 0.05) is 16.3 Å². The van der Waals surface area contributed by atoms with E-state index < -0.39 is 52.6 Å². The number of anilines is 1. The number of nitrogens with one attached hydrogen (secondary N) is 2. The molecule has 3 fully saturated rings. The first-order valence-corrected chi connectivity index (χ1v) is 15.5. The monoisotopic (exact) mass is 635 g/mol. The van der Waals surface area contributed by atoms with Gasteiger partial charge in [0.05, 0.1) is 28.9 Å². The molecule has 46 heavy (non-hydrogen) atoms. The van der Waals surface area contributed by atoms with Gasteiger partial charge >= 0.3 is 0 Å². The van der Waals surface area contributed by atoms with Crippen molar-refractivity contribution in [1.82, 2.24) is 10.3 Å². The molecule has 4 aromatic rings. The van der Waals surface area contributed by atoms with E-state index in [0.717, 1.165) is 10.6 Å². The van der Waals surface area contributed by atoms with Gasteiger partial charge in [-0.3, -0.25) is 29.9 Å². The lowest BCUT2D eigenvalue weighted by atomic mass is 9.49. The number of allylic oxidation sites excluding steroid dienone is 2. The lowest BCUT2D eigenvalue weighted by Crippen LogP contribution is -2.53. The van der Waals surface area contributed by atoms with Gasteiger partial charge in [0.25, 0.3) is 11.8 Å². The normalized spacial score (nSPS) is 28.4. The molecular weight excluding hydrogens is 609 g/mol. The predicted octanol–water partition coefficient (Wildman–Crippen LogP) is 5.61. The van der Waals surface area contributed by atoms with Crippen LogP contribution in [0.15, 0.2) is 96.6 Å². The van der Waals surface area contributed by atoms with E-state index in [2.05, 4.69) is 10.7 Å². The Bertz CT molecular complexity index is 2010. The molecule has 0 radical (unpaired) electrons. The number of amides is 4. The second kappa shape index (κ2) is 10.3. The van der Waals surface area contributed by atoms with Gasteiger partial charge in [-0.15, -0.1) is 0 Å². The second-order valence-corrected chi connectivity index (χ2v) is 12.9. The van der Waals surface area contributed by atoms with Crippen molar-refractivity contribution in [3.05, 3.63) is 119 Å². The van der Waals surface area contributed by atoms with E-state index >= 15 is 4.79 Å². The third kappa shape index (κ3) is 3.91. The minimum Gasteiger partial charge on any atom is -0.507 e. The van der Waals surface area contributed by atoms with Crippen LogP contribution in [0.4, 0.5) is 10.1 Å². The maximum atomic E-state index is 15.2. The Morgan fingerprint density at radius 2 is 1.59 bits per heavy atom. The smallest absolute Gasteiger partial charge is 0.260 e. The van der Waals surface area contributed by atoms with Crippen molar-refractivity contribution in [2.45, 2.75) is 24.2 Å². The summed E-state index contributed by atoms with van der Waals surface area (Å²) >= 11 is 6.33. The van der Waals surface area contributed by atoms with E-state index in [0.29, 0.717) is 39.0 Å². The van der Waals surface area contributed by atoms with Crippen molar-refractivity contribution in [2.75, 3.05) is 5.43 Å². The van der Waals surface area contributed by atoms with Crippen molar-refractivity contribution in [1.29, 1.82) is 0 Å². The molecule has 0 spiro atoms. The molecule has 10 heteroatoms. The van der Waals surface area contributed by atoms with Crippen molar-refractivity contribution < 1.29 is 28.7 Å². The third-order valence-corrected chi connectivity index (χ3v) is 10.6.